The van der Waals surface area contributed by atoms with Crippen LogP contribution in [0, 0.1) is 10.7 Å². The second-order valence-electron chi connectivity index (χ2n) is 7.90. The van der Waals surface area contributed by atoms with Gasteiger partial charge >= 0.3 is 6.18 Å². The minimum absolute atomic E-state index is 0.00250. The van der Waals surface area contributed by atoms with Crippen LogP contribution in [0.2, 0.25) is 0 Å². The molecule has 29 heavy (non-hydrogen) atoms. The molecule has 4 rings (SSSR count). The molecule has 0 amide bonds. The number of nitrogens with zero attached hydrogens (tertiary/aromatic N) is 5. The lowest BCUT2D eigenvalue weighted by Gasteiger charge is -2.33. The van der Waals surface area contributed by atoms with Gasteiger partial charge in [0.1, 0.15) is 0 Å². The molecule has 0 radical (unpaired) electrons. The third-order valence-electron chi connectivity index (χ3n) is 5.78. The molecule has 0 saturated carbocycles. The van der Waals surface area contributed by atoms with Crippen molar-refractivity contribution < 1.29 is 13.2 Å². The number of anilines is 1. The largest absolute Gasteiger partial charge is 0.393 e. The summed E-state index contributed by atoms with van der Waals surface area (Å²) >= 11 is 5.72. The monoisotopic (exact) mass is 425 g/mol. The lowest BCUT2D eigenvalue weighted by Crippen LogP contribution is -2.42. The van der Waals surface area contributed by atoms with Crippen molar-refractivity contribution in [3.8, 4) is 5.69 Å². The number of piperidine rings is 2. The zero-order valence-corrected chi connectivity index (χ0v) is 17.1. The van der Waals surface area contributed by atoms with Crippen molar-refractivity contribution in [3.63, 3.8) is 0 Å². The van der Waals surface area contributed by atoms with Crippen molar-refractivity contribution in [1.82, 2.24) is 19.2 Å². The lowest BCUT2D eigenvalue weighted by molar-refractivity contribution is -0.188. The molecule has 2 aliphatic rings. The molecule has 158 valence electrons. The van der Waals surface area contributed by atoms with Gasteiger partial charge in [-0.2, -0.15) is 13.2 Å². The van der Waals surface area contributed by atoms with Gasteiger partial charge in [0.05, 0.1) is 18.3 Å². The van der Waals surface area contributed by atoms with Crippen molar-refractivity contribution in [1.29, 1.82) is 0 Å². The Hall–Kier alpha value is -1.87. The van der Waals surface area contributed by atoms with Gasteiger partial charge in [0.25, 0.3) is 0 Å². The first-order valence-corrected chi connectivity index (χ1v) is 10.6. The highest BCUT2D eigenvalue weighted by Gasteiger charge is 2.41. The molecule has 2 aliphatic heterocycles. The molecule has 1 aromatic carbocycles. The van der Waals surface area contributed by atoms with Gasteiger partial charge in [-0.1, -0.05) is 18.2 Å². The number of rotatable bonds is 4. The van der Waals surface area contributed by atoms with E-state index in [9.17, 15) is 13.2 Å². The molecule has 0 N–H and O–H groups in total. The Morgan fingerprint density at radius 1 is 1.00 bits per heavy atom. The van der Waals surface area contributed by atoms with Gasteiger partial charge in [-0.25, -0.2) is 4.68 Å². The predicted octanol–water partition coefficient (Wildman–Crippen LogP) is 4.63. The van der Waals surface area contributed by atoms with Crippen LogP contribution in [0.15, 0.2) is 30.3 Å². The van der Waals surface area contributed by atoms with Gasteiger partial charge < -0.3 is 4.90 Å². The van der Waals surface area contributed by atoms with E-state index < -0.39 is 12.1 Å². The SMILES string of the molecule is FC(F)(F)[C@@H]1CCCN(Cn2nc(N3CCCCC3)n(-c3ccccc3)c2=S)C1. The second kappa shape index (κ2) is 8.47. The van der Waals surface area contributed by atoms with Crippen LogP contribution in [0.5, 0.6) is 0 Å². The minimum atomic E-state index is -4.15. The number of halogens is 3. The Balaban J connectivity index is 1.64. The Labute approximate surface area is 173 Å². The first-order chi connectivity index (χ1) is 13.9. The summed E-state index contributed by atoms with van der Waals surface area (Å²) in [5, 5.41) is 4.77. The van der Waals surface area contributed by atoms with E-state index in [4.69, 9.17) is 17.3 Å². The normalized spacial score (nSPS) is 21.5. The van der Waals surface area contributed by atoms with Gasteiger partial charge in [0, 0.05) is 19.6 Å². The van der Waals surface area contributed by atoms with Gasteiger partial charge in [0.2, 0.25) is 10.7 Å². The van der Waals surface area contributed by atoms with Crippen LogP contribution in [0.4, 0.5) is 19.1 Å². The number of para-hydroxylation sites is 1. The van der Waals surface area contributed by atoms with Crippen LogP contribution in [0.3, 0.4) is 0 Å². The lowest BCUT2D eigenvalue weighted by atomic mass is 9.98. The van der Waals surface area contributed by atoms with Crippen molar-refractivity contribution in [3.05, 3.63) is 35.1 Å². The molecule has 0 bridgehead atoms. The van der Waals surface area contributed by atoms with Crippen molar-refractivity contribution in [2.24, 2.45) is 5.92 Å². The fraction of sp³-hybridized carbons (Fsp3) is 0.600. The highest BCUT2D eigenvalue weighted by molar-refractivity contribution is 7.71. The molecule has 3 heterocycles. The van der Waals surface area contributed by atoms with E-state index in [0.29, 0.717) is 17.7 Å². The summed E-state index contributed by atoms with van der Waals surface area (Å²) in [6.07, 6.45) is -0.00126. The first kappa shape index (κ1) is 20.4. The number of benzene rings is 1. The third kappa shape index (κ3) is 4.50. The molecule has 5 nitrogen and oxygen atoms in total. The molecule has 0 aliphatic carbocycles. The van der Waals surface area contributed by atoms with E-state index in [0.717, 1.165) is 37.6 Å². The van der Waals surface area contributed by atoms with Crippen molar-refractivity contribution in [2.75, 3.05) is 31.1 Å². The average Bonchev–Trinajstić information content (AvgIpc) is 3.05. The number of hydrogen-bond donors (Lipinski definition) is 0. The number of alkyl halides is 3. The highest BCUT2D eigenvalue weighted by atomic mass is 32.1. The fourth-order valence-corrected chi connectivity index (χ4v) is 4.52. The molecule has 2 aromatic rings. The maximum absolute atomic E-state index is 13.2. The predicted molar refractivity (Wildman–Crippen MR) is 109 cm³/mol. The van der Waals surface area contributed by atoms with E-state index in [2.05, 4.69) is 4.90 Å². The number of hydrogen-bond acceptors (Lipinski definition) is 4. The topological polar surface area (TPSA) is 29.2 Å². The summed E-state index contributed by atoms with van der Waals surface area (Å²) in [6, 6.07) is 9.81. The molecule has 9 heteroatoms. The standard InChI is InChI=1S/C20H26F3N5S/c21-20(22,23)16-8-7-11-25(14-16)15-27-19(29)28(17-9-3-1-4-10-17)18(24-27)26-12-5-2-6-13-26/h1,3-4,9-10,16H,2,5-8,11-15H2/t16-/m1/s1. The van der Waals surface area contributed by atoms with Crippen molar-refractivity contribution >= 4 is 18.2 Å². The molecular formula is C20H26F3N5S. The van der Waals surface area contributed by atoms with E-state index in [1.165, 1.54) is 6.42 Å². The van der Waals surface area contributed by atoms with Crippen LogP contribution in [0.1, 0.15) is 32.1 Å². The van der Waals surface area contributed by atoms with Crippen LogP contribution in [-0.4, -0.2) is 51.6 Å². The summed E-state index contributed by atoms with van der Waals surface area (Å²) in [5.41, 5.74) is 0.927. The molecule has 2 saturated heterocycles. The van der Waals surface area contributed by atoms with Gasteiger partial charge in [-0.15, -0.1) is 5.10 Å². The van der Waals surface area contributed by atoms with E-state index in [1.54, 1.807) is 4.68 Å². The average molecular weight is 426 g/mol. The molecule has 0 unspecified atom stereocenters. The summed E-state index contributed by atoms with van der Waals surface area (Å²) in [4.78, 5) is 4.05. The molecule has 1 aromatic heterocycles. The Bertz CT molecular complexity index is 870. The van der Waals surface area contributed by atoms with Crippen LogP contribution >= 0.6 is 12.2 Å². The Kier molecular flexibility index (Phi) is 5.96. The maximum Gasteiger partial charge on any atom is 0.393 e. The molecular weight excluding hydrogens is 399 g/mol. The molecule has 1 atom stereocenters. The minimum Gasteiger partial charge on any atom is -0.341 e. The quantitative estimate of drug-likeness (QED) is 0.669. The van der Waals surface area contributed by atoms with Gasteiger partial charge in [0.15, 0.2) is 0 Å². The molecule has 0 spiro atoms. The van der Waals surface area contributed by atoms with E-state index >= 15 is 0 Å². The van der Waals surface area contributed by atoms with Crippen LogP contribution < -0.4 is 4.90 Å². The first-order valence-electron chi connectivity index (χ1n) is 10.2. The smallest absolute Gasteiger partial charge is 0.341 e. The Morgan fingerprint density at radius 2 is 1.72 bits per heavy atom. The number of likely N-dealkylation sites (tertiary alicyclic amines) is 1. The van der Waals surface area contributed by atoms with Crippen molar-refractivity contribution in [2.45, 2.75) is 44.9 Å². The van der Waals surface area contributed by atoms with Crippen LogP contribution in [0.25, 0.3) is 5.69 Å². The maximum atomic E-state index is 13.2. The summed E-state index contributed by atoms with van der Waals surface area (Å²) in [7, 11) is 0. The summed E-state index contributed by atoms with van der Waals surface area (Å²) in [5.74, 6) is -0.492. The highest BCUT2D eigenvalue weighted by Crippen LogP contribution is 2.33. The zero-order chi connectivity index (χ0) is 20.4. The zero-order valence-electron chi connectivity index (χ0n) is 16.3. The van der Waals surface area contributed by atoms with Gasteiger partial charge in [-0.05, 0) is 63.0 Å². The van der Waals surface area contributed by atoms with E-state index in [1.807, 2.05) is 39.8 Å². The Morgan fingerprint density at radius 3 is 2.41 bits per heavy atom. The second-order valence-corrected chi connectivity index (χ2v) is 8.27. The molecule has 2 fully saturated rings. The summed E-state index contributed by atoms with van der Waals surface area (Å²) in [6.45, 7) is 2.75. The van der Waals surface area contributed by atoms with E-state index in [-0.39, 0.29) is 19.6 Å². The third-order valence-corrected chi connectivity index (χ3v) is 6.17. The summed E-state index contributed by atoms with van der Waals surface area (Å²) < 4.78 is 43.7. The van der Waals surface area contributed by atoms with Gasteiger partial charge in [-0.3, -0.25) is 9.47 Å². The van der Waals surface area contributed by atoms with Crippen LogP contribution in [-0.2, 0) is 6.67 Å². The fourth-order valence-electron chi connectivity index (χ4n) is 4.23. The number of aromatic nitrogens is 3.